The van der Waals surface area contributed by atoms with Gasteiger partial charge in [-0.05, 0) is 59.1 Å². The van der Waals surface area contributed by atoms with Crippen LogP contribution in [0.2, 0.25) is 0 Å². The monoisotopic (exact) mass is 460 g/mol. The van der Waals surface area contributed by atoms with Gasteiger partial charge in [0.1, 0.15) is 0 Å². The molecule has 0 fully saturated rings. The van der Waals surface area contributed by atoms with Crippen molar-refractivity contribution in [2.75, 3.05) is 19.6 Å². The Balaban J connectivity index is 1.64. The number of thiophene rings is 2. The molecule has 3 aromatic rings. The van der Waals surface area contributed by atoms with Gasteiger partial charge in [0.15, 0.2) is 0 Å². The summed E-state index contributed by atoms with van der Waals surface area (Å²) in [4.78, 5) is 18.0. The van der Waals surface area contributed by atoms with E-state index in [2.05, 4.69) is 17.5 Å². The van der Waals surface area contributed by atoms with Crippen LogP contribution in [0, 0.1) is 0 Å². The van der Waals surface area contributed by atoms with Crippen LogP contribution in [-0.4, -0.2) is 43.2 Å². The van der Waals surface area contributed by atoms with Crippen LogP contribution in [0.5, 0.6) is 0 Å². The first-order valence-electron chi connectivity index (χ1n) is 9.98. The van der Waals surface area contributed by atoms with Crippen molar-refractivity contribution in [1.29, 1.82) is 0 Å². The highest BCUT2D eigenvalue weighted by atomic mass is 32.2. The maximum absolute atomic E-state index is 13.4. The third-order valence-corrected chi connectivity index (χ3v) is 9.47. The number of nitrogens with zero attached hydrogens (tertiary/aromatic N) is 2. The van der Waals surface area contributed by atoms with Crippen LogP contribution in [0.15, 0.2) is 58.1 Å². The largest absolute Gasteiger partial charge is 0.326 e. The van der Waals surface area contributed by atoms with Gasteiger partial charge in [0.05, 0.1) is 10.9 Å². The van der Waals surface area contributed by atoms with Crippen LogP contribution >= 0.6 is 22.7 Å². The number of hydrogen-bond donors (Lipinski definition) is 0. The molecule has 1 amide bonds. The highest BCUT2D eigenvalue weighted by Crippen LogP contribution is 2.40. The number of sulfonamides is 1. The van der Waals surface area contributed by atoms with E-state index in [9.17, 15) is 13.2 Å². The first-order valence-corrected chi connectivity index (χ1v) is 13.2. The number of benzene rings is 1. The Kier molecular flexibility index (Phi) is 6.11. The Bertz CT molecular complexity index is 1110. The molecule has 5 nitrogen and oxygen atoms in total. The normalized spacial score (nSPS) is 16.6. The molecule has 0 bridgehead atoms. The van der Waals surface area contributed by atoms with Crippen LogP contribution in [-0.2, 0) is 16.4 Å². The quantitative estimate of drug-likeness (QED) is 0.539. The van der Waals surface area contributed by atoms with E-state index in [0.717, 1.165) is 11.3 Å². The van der Waals surface area contributed by atoms with Crippen molar-refractivity contribution in [2.45, 2.75) is 31.2 Å². The summed E-state index contributed by atoms with van der Waals surface area (Å²) in [5.74, 6) is -0.0722. The Morgan fingerprint density at radius 2 is 1.80 bits per heavy atom. The molecule has 0 unspecified atom stereocenters. The van der Waals surface area contributed by atoms with Crippen molar-refractivity contribution < 1.29 is 13.2 Å². The Morgan fingerprint density at radius 1 is 1.07 bits per heavy atom. The molecule has 8 heteroatoms. The first-order chi connectivity index (χ1) is 14.5. The molecular weight excluding hydrogens is 436 g/mol. The second-order valence-corrected chi connectivity index (χ2v) is 11.0. The molecule has 1 aromatic carbocycles. The van der Waals surface area contributed by atoms with Crippen LogP contribution in [0.3, 0.4) is 0 Å². The third-order valence-electron chi connectivity index (χ3n) is 5.48. The van der Waals surface area contributed by atoms with E-state index in [1.165, 1.54) is 14.7 Å². The summed E-state index contributed by atoms with van der Waals surface area (Å²) in [7, 11) is -3.54. The van der Waals surface area contributed by atoms with Gasteiger partial charge >= 0.3 is 0 Å². The fraction of sp³-hybridized carbons (Fsp3) is 0.318. The molecule has 0 aliphatic carbocycles. The fourth-order valence-electron chi connectivity index (χ4n) is 3.94. The molecule has 1 aliphatic heterocycles. The summed E-state index contributed by atoms with van der Waals surface area (Å²) in [6.45, 7) is 5.11. The average molecular weight is 461 g/mol. The summed E-state index contributed by atoms with van der Waals surface area (Å²) >= 11 is 3.40. The maximum Gasteiger partial charge on any atom is 0.254 e. The third kappa shape index (κ3) is 3.73. The maximum atomic E-state index is 13.4. The number of carbonyl (C=O) groups excluding carboxylic acids is 1. The minimum atomic E-state index is -3.54. The van der Waals surface area contributed by atoms with Crippen molar-refractivity contribution in [1.82, 2.24) is 9.21 Å². The van der Waals surface area contributed by atoms with Gasteiger partial charge in [0.25, 0.3) is 5.91 Å². The lowest BCUT2D eigenvalue weighted by Crippen LogP contribution is -2.39. The van der Waals surface area contributed by atoms with Crippen LogP contribution in [0.1, 0.15) is 45.6 Å². The Morgan fingerprint density at radius 3 is 2.43 bits per heavy atom. The van der Waals surface area contributed by atoms with E-state index in [-0.39, 0.29) is 16.8 Å². The molecule has 0 spiro atoms. The molecule has 2 aromatic heterocycles. The summed E-state index contributed by atoms with van der Waals surface area (Å²) in [5.41, 5.74) is 1.71. The van der Waals surface area contributed by atoms with E-state index in [1.54, 1.807) is 46.9 Å². The van der Waals surface area contributed by atoms with Crippen molar-refractivity contribution in [3.8, 4) is 0 Å². The molecular formula is C22H24N2O3S3. The van der Waals surface area contributed by atoms with E-state index in [1.807, 2.05) is 30.2 Å². The van der Waals surface area contributed by atoms with E-state index < -0.39 is 10.0 Å². The topological polar surface area (TPSA) is 57.7 Å². The zero-order chi connectivity index (χ0) is 21.3. The minimum Gasteiger partial charge on any atom is -0.326 e. The smallest absolute Gasteiger partial charge is 0.254 e. The molecule has 30 heavy (non-hydrogen) atoms. The molecule has 1 atom stereocenters. The summed E-state index contributed by atoms with van der Waals surface area (Å²) in [6, 6.07) is 12.5. The van der Waals surface area contributed by atoms with Crippen molar-refractivity contribution in [3.05, 3.63) is 74.1 Å². The second-order valence-electron chi connectivity index (χ2n) is 7.08. The average Bonchev–Trinajstić information content (AvgIpc) is 3.45. The Hall–Kier alpha value is -2.00. The van der Waals surface area contributed by atoms with Crippen LogP contribution < -0.4 is 0 Å². The summed E-state index contributed by atoms with van der Waals surface area (Å²) in [5, 5.41) is 4.12. The summed E-state index contributed by atoms with van der Waals surface area (Å²) < 4.78 is 26.9. The molecule has 1 aliphatic rings. The van der Waals surface area contributed by atoms with Gasteiger partial charge in [-0.15, -0.1) is 22.7 Å². The Labute approximate surface area is 185 Å². The van der Waals surface area contributed by atoms with Gasteiger partial charge in [-0.1, -0.05) is 19.9 Å². The lowest BCUT2D eigenvalue weighted by Gasteiger charge is -2.35. The summed E-state index contributed by atoms with van der Waals surface area (Å²) in [6.07, 6.45) is 0.842. The molecule has 0 saturated carbocycles. The van der Waals surface area contributed by atoms with Gasteiger partial charge < -0.3 is 4.90 Å². The predicted molar refractivity (Wildman–Crippen MR) is 122 cm³/mol. The molecule has 4 rings (SSSR count). The van der Waals surface area contributed by atoms with Crippen LogP contribution in [0.25, 0.3) is 0 Å². The predicted octanol–water partition coefficient (Wildman–Crippen LogP) is 4.63. The van der Waals surface area contributed by atoms with Gasteiger partial charge in [0.2, 0.25) is 10.0 Å². The van der Waals surface area contributed by atoms with Gasteiger partial charge in [0, 0.05) is 35.0 Å². The fourth-order valence-corrected chi connectivity index (χ4v) is 7.15. The molecule has 3 heterocycles. The van der Waals surface area contributed by atoms with Crippen LogP contribution in [0.4, 0.5) is 0 Å². The van der Waals surface area contributed by atoms with Crippen molar-refractivity contribution >= 4 is 38.6 Å². The van der Waals surface area contributed by atoms with Gasteiger partial charge in [-0.3, -0.25) is 4.79 Å². The number of carbonyl (C=O) groups is 1. The zero-order valence-corrected chi connectivity index (χ0v) is 19.4. The lowest BCUT2D eigenvalue weighted by atomic mass is 9.97. The minimum absolute atomic E-state index is 0.0722. The molecule has 0 N–H and O–H groups in total. The van der Waals surface area contributed by atoms with Crippen molar-refractivity contribution in [3.63, 3.8) is 0 Å². The van der Waals surface area contributed by atoms with Gasteiger partial charge in [-0.25, -0.2) is 8.42 Å². The lowest BCUT2D eigenvalue weighted by molar-refractivity contribution is 0.0698. The van der Waals surface area contributed by atoms with Gasteiger partial charge in [-0.2, -0.15) is 4.31 Å². The standard InChI is InChI=1S/C22H24N2O3S3/c1-3-23(4-2)30(26,27)17-9-7-16(8-10-17)22(25)24-13-11-19-18(12-15-29-19)21(24)20-6-5-14-28-20/h5-10,12,14-15,21H,3-4,11,13H2,1-2H3/t21-/m0/s1. The first kappa shape index (κ1) is 21.2. The number of hydrogen-bond acceptors (Lipinski definition) is 5. The highest BCUT2D eigenvalue weighted by molar-refractivity contribution is 7.89. The van der Waals surface area contributed by atoms with E-state index in [0.29, 0.717) is 25.2 Å². The SMILES string of the molecule is CCN(CC)S(=O)(=O)c1ccc(C(=O)N2CCc3sccc3[C@H]2c2cccs2)cc1. The molecule has 158 valence electrons. The number of amides is 1. The van der Waals surface area contributed by atoms with E-state index in [4.69, 9.17) is 0 Å². The number of rotatable bonds is 6. The number of fused-ring (bicyclic) bond motifs is 1. The molecule has 0 saturated heterocycles. The van der Waals surface area contributed by atoms with Crippen molar-refractivity contribution in [2.24, 2.45) is 0 Å². The second kappa shape index (κ2) is 8.63. The molecule has 0 radical (unpaired) electrons. The highest BCUT2D eigenvalue weighted by Gasteiger charge is 2.34. The zero-order valence-electron chi connectivity index (χ0n) is 16.9. The van der Waals surface area contributed by atoms with E-state index >= 15 is 0 Å².